The Balaban J connectivity index is 0.00000220. The summed E-state index contributed by atoms with van der Waals surface area (Å²) in [5.41, 5.74) is 0.587. The first-order chi connectivity index (χ1) is 9.56. The first-order valence-electron chi connectivity index (χ1n) is 7.80. The Hall–Kier alpha value is -0.530. The predicted molar refractivity (Wildman–Crippen MR) is 97.1 cm³/mol. The number of carbonyl (C=O) groups is 1. The molecule has 2 aliphatic rings. The fourth-order valence-electron chi connectivity index (χ4n) is 3.10. The second-order valence-corrected chi connectivity index (χ2v) is 6.44. The van der Waals surface area contributed by atoms with Gasteiger partial charge < -0.3 is 15.5 Å². The molecular weight excluding hydrogens is 379 g/mol. The molecule has 21 heavy (non-hydrogen) atoms. The highest BCUT2D eigenvalue weighted by molar-refractivity contribution is 14.0. The van der Waals surface area contributed by atoms with Gasteiger partial charge in [0.25, 0.3) is 0 Å². The number of halogens is 1. The summed E-state index contributed by atoms with van der Waals surface area (Å²) in [6.45, 7) is 7.45. The maximum Gasteiger partial charge on any atom is 0.222 e. The SMILES string of the molecule is CN=C(NCCNC(=O)C(C)C)N1CCC2(CCC2)C1.I. The highest BCUT2D eigenvalue weighted by atomic mass is 127. The molecular formula is C15H29IN4O. The number of aliphatic imine (C=N–C) groups is 1. The molecule has 5 nitrogen and oxygen atoms in total. The highest BCUT2D eigenvalue weighted by Crippen LogP contribution is 2.47. The second-order valence-electron chi connectivity index (χ2n) is 6.44. The highest BCUT2D eigenvalue weighted by Gasteiger charge is 2.43. The first kappa shape index (κ1) is 18.5. The zero-order chi connectivity index (χ0) is 14.6. The topological polar surface area (TPSA) is 56.7 Å². The van der Waals surface area contributed by atoms with Gasteiger partial charge in [-0.15, -0.1) is 24.0 Å². The van der Waals surface area contributed by atoms with E-state index >= 15 is 0 Å². The molecule has 0 aromatic rings. The molecule has 1 amide bonds. The fourth-order valence-corrected chi connectivity index (χ4v) is 3.10. The van der Waals surface area contributed by atoms with Crippen molar-refractivity contribution in [2.75, 3.05) is 33.2 Å². The molecule has 122 valence electrons. The molecule has 0 radical (unpaired) electrons. The van der Waals surface area contributed by atoms with Gasteiger partial charge in [0.2, 0.25) is 5.91 Å². The number of guanidine groups is 1. The molecule has 1 aliphatic heterocycles. The average Bonchev–Trinajstić information content (AvgIpc) is 2.83. The van der Waals surface area contributed by atoms with Crippen molar-refractivity contribution in [2.45, 2.75) is 39.5 Å². The van der Waals surface area contributed by atoms with Crippen LogP contribution in [0.3, 0.4) is 0 Å². The van der Waals surface area contributed by atoms with Gasteiger partial charge in [0.1, 0.15) is 0 Å². The molecule has 1 heterocycles. The summed E-state index contributed by atoms with van der Waals surface area (Å²) in [7, 11) is 1.83. The zero-order valence-corrected chi connectivity index (χ0v) is 15.8. The molecule has 2 fully saturated rings. The van der Waals surface area contributed by atoms with Gasteiger partial charge in [0, 0.05) is 39.1 Å². The minimum Gasteiger partial charge on any atom is -0.354 e. The number of nitrogens with zero attached hydrogens (tertiary/aromatic N) is 2. The van der Waals surface area contributed by atoms with E-state index in [9.17, 15) is 4.79 Å². The lowest BCUT2D eigenvalue weighted by molar-refractivity contribution is -0.123. The Bertz CT molecular complexity index is 380. The molecule has 1 aliphatic carbocycles. The van der Waals surface area contributed by atoms with Gasteiger partial charge in [-0.25, -0.2) is 0 Å². The Kier molecular flexibility index (Phi) is 7.23. The van der Waals surface area contributed by atoms with Gasteiger partial charge in [-0.2, -0.15) is 0 Å². The van der Waals surface area contributed by atoms with Crippen molar-refractivity contribution in [2.24, 2.45) is 16.3 Å². The molecule has 0 bridgehead atoms. The zero-order valence-electron chi connectivity index (χ0n) is 13.4. The van der Waals surface area contributed by atoms with E-state index in [2.05, 4.69) is 20.5 Å². The lowest BCUT2D eigenvalue weighted by Crippen LogP contribution is -2.45. The molecule has 2 rings (SSSR count). The number of amides is 1. The van der Waals surface area contributed by atoms with Crippen molar-refractivity contribution in [3.63, 3.8) is 0 Å². The normalized spacial score (nSPS) is 20.2. The van der Waals surface area contributed by atoms with E-state index in [1.807, 2.05) is 20.9 Å². The van der Waals surface area contributed by atoms with Crippen LogP contribution in [0.5, 0.6) is 0 Å². The molecule has 2 N–H and O–H groups in total. The van der Waals surface area contributed by atoms with Crippen LogP contribution in [-0.2, 0) is 4.79 Å². The molecule has 0 atom stereocenters. The van der Waals surface area contributed by atoms with Crippen molar-refractivity contribution in [1.29, 1.82) is 0 Å². The third kappa shape index (κ3) is 4.72. The fraction of sp³-hybridized carbons (Fsp3) is 0.867. The summed E-state index contributed by atoms with van der Waals surface area (Å²) in [5.74, 6) is 1.13. The van der Waals surface area contributed by atoms with E-state index in [4.69, 9.17) is 0 Å². The summed E-state index contributed by atoms with van der Waals surface area (Å²) < 4.78 is 0. The van der Waals surface area contributed by atoms with Gasteiger partial charge >= 0.3 is 0 Å². The lowest BCUT2D eigenvalue weighted by Gasteiger charge is -2.38. The maximum absolute atomic E-state index is 11.5. The van der Waals surface area contributed by atoms with E-state index < -0.39 is 0 Å². The Morgan fingerprint density at radius 3 is 2.38 bits per heavy atom. The number of carbonyl (C=O) groups excluding carboxylic acids is 1. The first-order valence-corrected chi connectivity index (χ1v) is 7.80. The van der Waals surface area contributed by atoms with Crippen molar-refractivity contribution >= 4 is 35.8 Å². The van der Waals surface area contributed by atoms with Gasteiger partial charge in [-0.05, 0) is 24.7 Å². The summed E-state index contributed by atoms with van der Waals surface area (Å²) in [5, 5.41) is 6.27. The van der Waals surface area contributed by atoms with Crippen LogP contribution in [-0.4, -0.2) is 50.0 Å². The Morgan fingerprint density at radius 1 is 1.24 bits per heavy atom. The van der Waals surface area contributed by atoms with E-state index in [1.165, 1.54) is 25.7 Å². The van der Waals surface area contributed by atoms with Crippen molar-refractivity contribution in [3.8, 4) is 0 Å². The lowest BCUT2D eigenvalue weighted by atomic mass is 9.68. The second kappa shape index (κ2) is 8.19. The smallest absolute Gasteiger partial charge is 0.222 e. The van der Waals surface area contributed by atoms with Gasteiger partial charge in [-0.3, -0.25) is 9.79 Å². The summed E-state index contributed by atoms with van der Waals surface area (Å²) in [4.78, 5) is 18.2. The van der Waals surface area contributed by atoms with Crippen LogP contribution in [0.15, 0.2) is 4.99 Å². The minimum absolute atomic E-state index is 0. The maximum atomic E-state index is 11.5. The summed E-state index contributed by atoms with van der Waals surface area (Å²) in [6.07, 6.45) is 5.45. The van der Waals surface area contributed by atoms with Crippen LogP contribution in [0.25, 0.3) is 0 Å². The van der Waals surface area contributed by atoms with Crippen LogP contribution >= 0.6 is 24.0 Å². The monoisotopic (exact) mass is 408 g/mol. The van der Waals surface area contributed by atoms with E-state index in [0.29, 0.717) is 12.0 Å². The van der Waals surface area contributed by atoms with Gasteiger partial charge in [-0.1, -0.05) is 20.3 Å². The molecule has 0 aromatic heterocycles. The van der Waals surface area contributed by atoms with Crippen molar-refractivity contribution < 1.29 is 4.79 Å². The molecule has 0 unspecified atom stereocenters. The van der Waals surface area contributed by atoms with Crippen LogP contribution < -0.4 is 10.6 Å². The molecule has 1 saturated carbocycles. The van der Waals surface area contributed by atoms with Crippen molar-refractivity contribution in [1.82, 2.24) is 15.5 Å². The van der Waals surface area contributed by atoms with Crippen LogP contribution in [0.1, 0.15) is 39.5 Å². The number of hydrogen-bond donors (Lipinski definition) is 2. The number of nitrogens with one attached hydrogen (secondary N) is 2. The molecule has 0 aromatic carbocycles. The standard InChI is InChI=1S/C15H28N4O.HI/c1-12(2)13(20)17-8-9-18-14(16-3)19-10-7-15(11-19)5-4-6-15;/h12H,4-11H2,1-3H3,(H,16,18)(H,17,20);1H. The quantitative estimate of drug-likeness (QED) is 0.323. The summed E-state index contributed by atoms with van der Waals surface area (Å²) in [6, 6.07) is 0. The minimum atomic E-state index is 0. The van der Waals surface area contributed by atoms with Crippen LogP contribution in [0.2, 0.25) is 0 Å². The average molecular weight is 408 g/mol. The largest absolute Gasteiger partial charge is 0.354 e. The van der Waals surface area contributed by atoms with Gasteiger partial charge in [0.05, 0.1) is 0 Å². The third-order valence-corrected chi connectivity index (χ3v) is 4.60. The van der Waals surface area contributed by atoms with E-state index in [1.54, 1.807) is 0 Å². The van der Waals surface area contributed by atoms with E-state index in [0.717, 1.165) is 25.6 Å². The van der Waals surface area contributed by atoms with Crippen molar-refractivity contribution in [3.05, 3.63) is 0 Å². The Labute approximate surface area is 145 Å². The number of likely N-dealkylation sites (tertiary alicyclic amines) is 1. The van der Waals surface area contributed by atoms with E-state index in [-0.39, 0.29) is 35.8 Å². The summed E-state index contributed by atoms with van der Waals surface area (Å²) >= 11 is 0. The molecule has 6 heteroatoms. The molecule has 1 saturated heterocycles. The van der Waals surface area contributed by atoms with Crippen LogP contribution in [0, 0.1) is 11.3 Å². The third-order valence-electron chi connectivity index (χ3n) is 4.60. The molecule has 1 spiro atoms. The number of rotatable bonds is 4. The van der Waals surface area contributed by atoms with Gasteiger partial charge in [0.15, 0.2) is 5.96 Å². The van der Waals surface area contributed by atoms with Crippen LogP contribution in [0.4, 0.5) is 0 Å². The number of hydrogen-bond acceptors (Lipinski definition) is 2. The predicted octanol–water partition coefficient (Wildman–Crippen LogP) is 1.83. The Morgan fingerprint density at radius 2 is 1.90 bits per heavy atom.